The summed E-state index contributed by atoms with van der Waals surface area (Å²) in [7, 11) is 0. The van der Waals surface area contributed by atoms with E-state index in [4.69, 9.17) is 0 Å². The quantitative estimate of drug-likeness (QED) is 0.840. The second kappa shape index (κ2) is 5.52. The maximum atomic E-state index is 12.3. The van der Waals surface area contributed by atoms with Crippen LogP contribution in [0.4, 0.5) is 0 Å². The Morgan fingerprint density at radius 3 is 2.67 bits per heavy atom. The number of carbonyl (C=O) groups excluding carboxylic acids is 2. The first-order chi connectivity index (χ1) is 11.4. The van der Waals surface area contributed by atoms with Gasteiger partial charge in [-0.15, -0.1) is 0 Å². The van der Waals surface area contributed by atoms with E-state index in [1.807, 2.05) is 6.08 Å². The Morgan fingerprint density at radius 2 is 1.92 bits per heavy atom. The summed E-state index contributed by atoms with van der Waals surface area (Å²) in [5.74, 6) is 2.42. The van der Waals surface area contributed by atoms with Gasteiger partial charge in [0.15, 0.2) is 11.6 Å². The van der Waals surface area contributed by atoms with Gasteiger partial charge in [-0.05, 0) is 79.6 Å². The first-order valence-electron chi connectivity index (χ1n) is 9.77. The van der Waals surface area contributed by atoms with Gasteiger partial charge in [0.1, 0.15) is 6.61 Å². The van der Waals surface area contributed by atoms with E-state index in [0.29, 0.717) is 30.0 Å². The minimum atomic E-state index is -0.298. The number of rotatable bonds is 2. The monoisotopic (exact) mass is 330 g/mol. The molecule has 0 aromatic carbocycles. The number of fused-ring (bicyclic) bond motifs is 5. The molecule has 132 valence electrons. The van der Waals surface area contributed by atoms with Crippen molar-refractivity contribution >= 4 is 11.6 Å². The molecular formula is C21H30O3. The lowest BCUT2D eigenvalue weighted by Crippen LogP contribution is -2.51. The zero-order valence-corrected chi connectivity index (χ0v) is 15.0. The lowest BCUT2D eigenvalue weighted by molar-refractivity contribution is -0.133. The predicted octanol–water partition coefficient (Wildman–Crippen LogP) is 3.70. The van der Waals surface area contributed by atoms with Crippen LogP contribution in [0.5, 0.6) is 0 Å². The normalized spacial score (nSPS) is 47.5. The fraction of sp³-hybridized carbons (Fsp3) is 0.810. The van der Waals surface area contributed by atoms with Gasteiger partial charge in [-0.2, -0.15) is 0 Å². The summed E-state index contributed by atoms with van der Waals surface area (Å²) < 4.78 is 0. The fourth-order valence-electron chi connectivity index (χ4n) is 7.20. The second-order valence-electron chi connectivity index (χ2n) is 9.27. The predicted molar refractivity (Wildman–Crippen MR) is 92.3 cm³/mol. The highest BCUT2D eigenvalue weighted by Crippen LogP contribution is 2.66. The van der Waals surface area contributed by atoms with Crippen LogP contribution in [0.15, 0.2) is 11.6 Å². The highest BCUT2D eigenvalue weighted by Gasteiger charge is 2.59. The molecular weight excluding hydrogens is 300 g/mol. The van der Waals surface area contributed by atoms with Gasteiger partial charge in [0.05, 0.1) is 0 Å². The van der Waals surface area contributed by atoms with E-state index in [9.17, 15) is 14.7 Å². The Hall–Kier alpha value is -0.960. The molecule has 4 rings (SSSR count). The van der Waals surface area contributed by atoms with E-state index in [1.165, 1.54) is 18.4 Å². The van der Waals surface area contributed by atoms with Crippen molar-refractivity contribution in [2.75, 3.05) is 6.61 Å². The molecule has 0 bridgehead atoms. The molecule has 3 heteroatoms. The average molecular weight is 330 g/mol. The van der Waals surface area contributed by atoms with Gasteiger partial charge in [0.2, 0.25) is 0 Å². The van der Waals surface area contributed by atoms with E-state index < -0.39 is 0 Å². The molecule has 0 radical (unpaired) electrons. The molecule has 0 spiro atoms. The lowest BCUT2D eigenvalue weighted by atomic mass is 9.46. The number of ketones is 2. The molecule has 4 aliphatic carbocycles. The van der Waals surface area contributed by atoms with Gasteiger partial charge in [0.25, 0.3) is 0 Å². The minimum Gasteiger partial charge on any atom is -0.389 e. The van der Waals surface area contributed by atoms with Crippen molar-refractivity contribution in [2.24, 2.45) is 34.5 Å². The molecule has 3 nitrogen and oxygen atoms in total. The number of Topliss-reactive ketones (excluding diaryl/α,β-unsaturated/α-hetero) is 1. The van der Waals surface area contributed by atoms with Crippen LogP contribution in [-0.2, 0) is 9.59 Å². The highest BCUT2D eigenvalue weighted by atomic mass is 16.3. The Balaban J connectivity index is 1.65. The highest BCUT2D eigenvalue weighted by molar-refractivity contribution is 5.91. The SMILES string of the molecule is C[C@]12CC[C@H]3[C@@H](CCC4=CC(=O)CC[C@]43C)[C@H]1CC[C@@H]2C(=O)CO. The van der Waals surface area contributed by atoms with Gasteiger partial charge in [0, 0.05) is 12.3 Å². The number of allylic oxidation sites excluding steroid dienone is 1. The largest absolute Gasteiger partial charge is 0.389 e. The zero-order valence-electron chi connectivity index (χ0n) is 15.0. The fourth-order valence-corrected chi connectivity index (χ4v) is 7.20. The van der Waals surface area contributed by atoms with Crippen molar-refractivity contribution in [3.63, 3.8) is 0 Å². The molecule has 3 fully saturated rings. The van der Waals surface area contributed by atoms with Gasteiger partial charge >= 0.3 is 0 Å². The van der Waals surface area contributed by atoms with Crippen molar-refractivity contribution in [2.45, 2.75) is 65.2 Å². The third-order valence-corrected chi connectivity index (χ3v) is 8.51. The van der Waals surface area contributed by atoms with Crippen molar-refractivity contribution in [3.05, 3.63) is 11.6 Å². The van der Waals surface area contributed by atoms with Crippen molar-refractivity contribution in [1.29, 1.82) is 0 Å². The third kappa shape index (κ3) is 2.13. The molecule has 4 aliphatic rings. The van der Waals surface area contributed by atoms with Crippen molar-refractivity contribution in [3.8, 4) is 0 Å². The van der Waals surface area contributed by atoms with Gasteiger partial charge in [-0.3, -0.25) is 9.59 Å². The molecule has 0 aromatic heterocycles. The first-order valence-corrected chi connectivity index (χ1v) is 9.77. The van der Waals surface area contributed by atoms with Crippen LogP contribution < -0.4 is 0 Å². The molecule has 24 heavy (non-hydrogen) atoms. The molecule has 1 N–H and O–H groups in total. The van der Waals surface area contributed by atoms with Gasteiger partial charge in [-0.1, -0.05) is 19.4 Å². The van der Waals surface area contributed by atoms with Crippen LogP contribution in [0.3, 0.4) is 0 Å². The van der Waals surface area contributed by atoms with Gasteiger partial charge < -0.3 is 5.11 Å². The van der Waals surface area contributed by atoms with Gasteiger partial charge in [-0.25, -0.2) is 0 Å². The number of aliphatic hydroxyl groups excluding tert-OH is 1. The molecule has 0 saturated heterocycles. The molecule has 0 heterocycles. The first kappa shape index (κ1) is 16.5. The molecule has 0 aliphatic heterocycles. The molecule has 0 aromatic rings. The average Bonchev–Trinajstić information content (AvgIpc) is 2.92. The number of hydrogen-bond donors (Lipinski definition) is 1. The van der Waals surface area contributed by atoms with E-state index in [2.05, 4.69) is 13.8 Å². The molecule has 6 atom stereocenters. The van der Waals surface area contributed by atoms with E-state index >= 15 is 0 Å². The molecule has 0 unspecified atom stereocenters. The summed E-state index contributed by atoms with van der Waals surface area (Å²) in [5, 5.41) is 9.36. The van der Waals surface area contributed by atoms with Crippen LogP contribution in [0.25, 0.3) is 0 Å². The van der Waals surface area contributed by atoms with Crippen LogP contribution in [-0.4, -0.2) is 23.3 Å². The summed E-state index contributed by atoms with van der Waals surface area (Å²) in [5.41, 5.74) is 1.70. The smallest absolute Gasteiger partial charge is 0.161 e. The summed E-state index contributed by atoms with van der Waals surface area (Å²) in [6.07, 6.45) is 10.3. The molecule has 3 saturated carbocycles. The minimum absolute atomic E-state index is 0.0596. The van der Waals surface area contributed by atoms with Crippen molar-refractivity contribution in [1.82, 2.24) is 0 Å². The number of carbonyl (C=O) groups is 2. The van der Waals surface area contributed by atoms with Crippen LogP contribution >= 0.6 is 0 Å². The third-order valence-electron chi connectivity index (χ3n) is 8.51. The number of aliphatic hydroxyl groups is 1. The Morgan fingerprint density at radius 1 is 1.12 bits per heavy atom. The van der Waals surface area contributed by atoms with Crippen molar-refractivity contribution < 1.29 is 14.7 Å². The Labute approximate surface area is 144 Å². The standard InChI is InChI=1S/C21H30O3/c1-20-9-7-14(23)11-13(20)3-4-15-16-5-6-18(19(24)12-22)21(16,2)10-8-17(15)20/h11,15-18,22H,3-10,12H2,1-2H3/t15-,16+,17-,18+,20+,21-/m0/s1. The van der Waals surface area contributed by atoms with Crippen LogP contribution in [0.1, 0.15) is 65.2 Å². The topological polar surface area (TPSA) is 54.4 Å². The Bertz CT molecular complexity index is 606. The van der Waals surface area contributed by atoms with Crippen LogP contribution in [0, 0.1) is 34.5 Å². The maximum Gasteiger partial charge on any atom is 0.161 e. The van der Waals surface area contributed by atoms with E-state index in [-0.39, 0.29) is 29.1 Å². The summed E-state index contributed by atoms with van der Waals surface area (Å²) in [6.45, 7) is 4.42. The van der Waals surface area contributed by atoms with Crippen LogP contribution in [0.2, 0.25) is 0 Å². The molecule has 0 amide bonds. The maximum absolute atomic E-state index is 12.3. The number of hydrogen-bond acceptors (Lipinski definition) is 3. The summed E-state index contributed by atoms with van der Waals surface area (Å²) >= 11 is 0. The van der Waals surface area contributed by atoms with E-state index in [0.717, 1.165) is 32.1 Å². The summed E-state index contributed by atoms with van der Waals surface area (Å²) in [4.78, 5) is 24.1. The van der Waals surface area contributed by atoms with E-state index in [1.54, 1.807) is 0 Å². The Kier molecular flexibility index (Phi) is 3.80. The summed E-state index contributed by atoms with van der Waals surface area (Å²) in [6, 6.07) is 0. The second-order valence-corrected chi connectivity index (χ2v) is 9.27. The zero-order chi connectivity index (χ0) is 17.1. The lowest BCUT2D eigenvalue weighted by Gasteiger charge is -2.58.